The Morgan fingerprint density at radius 1 is 1.07 bits per heavy atom. The number of alkyl halides is 3. The van der Waals surface area contributed by atoms with Gasteiger partial charge in [0.25, 0.3) is 5.82 Å². The third kappa shape index (κ3) is 5.00. The Balaban J connectivity index is 1.99. The molecule has 1 aromatic heterocycles. The highest BCUT2D eigenvalue weighted by Crippen LogP contribution is 2.31. The Morgan fingerprint density at radius 2 is 1.83 bits per heavy atom. The summed E-state index contributed by atoms with van der Waals surface area (Å²) in [7, 11) is 0. The van der Waals surface area contributed by atoms with Crippen LogP contribution in [0.5, 0.6) is 0 Å². The summed E-state index contributed by atoms with van der Waals surface area (Å²) in [6.45, 7) is 2.54. The summed E-state index contributed by atoms with van der Waals surface area (Å²) in [4.78, 5) is 16.5. The molecule has 0 radical (unpaired) electrons. The van der Waals surface area contributed by atoms with Crippen LogP contribution in [0.15, 0.2) is 54.6 Å². The number of ether oxygens (including phenoxy) is 2. The SMILES string of the molecule is CCOCCOC(=O)c1nc(-c2ccccc2)n(-c2cccc(C(F)(F)F)c2)n1. The van der Waals surface area contributed by atoms with Crippen LogP contribution in [0.4, 0.5) is 13.2 Å². The van der Waals surface area contributed by atoms with Crippen LogP contribution in [0.3, 0.4) is 0 Å². The first-order valence-corrected chi connectivity index (χ1v) is 8.85. The van der Waals surface area contributed by atoms with Gasteiger partial charge in [0.15, 0.2) is 5.82 Å². The third-order valence-electron chi connectivity index (χ3n) is 3.90. The Labute approximate surface area is 164 Å². The molecule has 3 aromatic rings. The van der Waals surface area contributed by atoms with Crippen LogP contribution >= 0.6 is 0 Å². The van der Waals surface area contributed by atoms with Crippen LogP contribution < -0.4 is 0 Å². The monoisotopic (exact) mass is 405 g/mol. The maximum Gasteiger partial charge on any atom is 0.416 e. The van der Waals surface area contributed by atoms with E-state index in [0.29, 0.717) is 12.2 Å². The van der Waals surface area contributed by atoms with Gasteiger partial charge in [0.05, 0.1) is 17.9 Å². The van der Waals surface area contributed by atoms with Crippen molar-refractivity contribution in [1.82, 2.24) is 14.8 Å². The lowest BCUT2D eigenvalue weighted by Gasteiger charge is -2.10. The van der Waals surface area contributed by atoms with Crippen molar-refractivity contribution in [1.29, 1.82) is 0 Å². The average Bonchev–Trinajstić information content (AvgIpc) is 3.17. The zero-order chi connectivity index (χ0) is 20.9. The van der Waals surface area contributed by atoms with Gasteiger partial charge in [-0.1, -0.05) is 36.4 Å². The molecule has 29 heavy (non-hydrogen) atoms. The number of carbonyl (C=O) groups is 1. The zero-order valence-corrected chi connectivity index (χ0v) is 15.5. The van der Waals surface area contributed by atoms with E-state index in [0.717, 1.165) is 12.1 Å². The minimum absolute atomic E-state index is 0.0193. The number of carbonyl (C=O) groups excluding carboxylic acids is 1. The van der Waals surface area contributed by atoms with E-state index < -0.39 is 17.7 Å². The molecule has 0 saturated heterocycles. The molecular weight excluding hydrogens is 387 g/mol. The summed E-state index contributed by atoms with van der Waals surface area (Å²) in [5.74, 6) is -0.813. The van der Waals surface area contributed by atoms with Gasteiger partial charge in [-0.25, -0.2) is 14.5 Å². The second-order valence-electron chi connectivity index (χ2n) is 5.92. The quantitative estimate of drug-likeness (QED) is 0.437. The number of halogens is 3. The molecule has 0 bridgehead atoms. The molecule has 3 rings (SSSR count). The summed E-state index contributed by atoms with van der Waals surface area (Å²) in [5.41, 5.74) is -0.115. The molecule has 0 aliphatic heterocycles. The predicted molar refractivity (Wildman–Crippen MR) is 98.6 cm³/mol. The highest BCUT2D eigenvalue weighted by molar-refractivity contribution is 5.86. The normalized spacial score (nSPS) is 11.4. The van der Waals surface area contributed by atoms with Crippen molar-refractivity contribution in [2.45, 2.75) is 13.1 Å². The van der Waals surface area contributed by atoms with Crippen molar-refractivity contribution in [3.8, 4) is 17.1 Å². The van der Waals surface area contributed by atoms with Crippen molar-refractivity contribution in [2.24, 2.45) is 0 Å². The number of nitrogens with zero attached hydrogens (tertiary/aromatic N) is 3. The number of esters is 1. The molecular formula is C20H18F3N3O3. The molecule has 0 N–H and O–H groups in total. The largest absolute Gasteiger partial charge is 0.457 e. The molecule has 0 unspecified atom stereocenters. The lowest BCUT2D eigenvalue weighted by atomic mass is 10.2. The van der Waals surface area contributed by atoms with Crippen molar-refractivity contribution < 1.29 is 27.4 Å². The predicted octanol–water partition coefficient (Wildman–Crippen LogP) is 4.15. The molecule has 0 spiro atoms. The number of hydrogen-bond acceptors (Lipinski definition) is 5. The molecule has 9 heteroatoms. The van der Waals surface area contributed by atoms with E-state index in [2.05, 4.69) is 10.1 Å². The summed E-state index contributed by atoms with van der Waals surface area (Å²) in [6.07, 6.45) is -4.51. The van der Waals surface area contributed by atoms with E-state index in [1.165, 1.54) is 16.8 Å². The van der Waals surface area contributed by atoms with Crippen LogP contribution in [0.25, 0.3) is 17.1 Å². The average molecular weight is 405 g/mol. The molecule has 2 aromatic carbocycles. The van der Waals surface area contributed by atoms with Crippen LogP contribution in [-0.2, 0) is 15.7 Å². The third-order valence-corrected chi connectivity index (χ3v) is 3.90. The van der Waals surface area contributed by atoms with Crippen molar-refractivity contribution in [3.63, 3.8) is 0 Å². The molecule has 0 atom stereocenters. The molecule has 0 aliphatic carbocycles. The zero-order valence-electron chi connectivity index (χ0n) is 15.5. The van der Waals surface area contributed by atoms with Gasteiger partial charge in [-0.05, 0) is 25.1 Å². The second-order valence-corrected chi connectivity index (χ2v) is 5.92. The topological polar surface area (TPSA) is 66.2 Å². The first-order chi connectivity index (χ1) is 13.9. The van der Waals surface area contributed by atoms with Gasteiger partial charge in [-0.2, -0.15) is 13.2 Å². The fourth-order valence-corrected chi connectivity index (χ4v) is 2.57. The first kappa shape index (κ1) is 20.5. The molecule has 152 valence electrons. The molecule has 0 amide bonds. The van der Waals surface area contributed by atoms with E-state index in [4.69, 9.17) is 9.47 Å². The first-order valence-electron chi connectivity index (χ1n) is 8.85. The fourth-order valence-electron chi connectivity index (χ4n) is 2.57. The highest BCUT2D eigenvalue weighted by atomic mass is 19.4. The van der Waals surface area contributed by atoms with E-state index >= 15 is 0 Å². The highest BCUT2D eigenvalue weighted by Gasteiger charge is 2.31. The number of rotatable bonds is 7. The maximum absolute atomic E-state index is 13.1. The van der Waals surface area contributed by atoms with E-state index in [9.17, 15) is 18.0 Å². The molecule has 0 fully saturated rings. The summed E-state index contributed by atoms with van der Waals surface area (Å²) in [5, 5.41) is 4.10. The number of benzene rings is 2. The summed E-state index contributed by atoms with van der Waals surface area (Å²) >= 11 is 0. The lowest BCUT2D eigenvalue weighted by Crippen LogP contribution is -2.12. The van der Waals surface area contributed by atoms with Crippen LogP contribution in [0.1, 0.15) is 23.1 Å². The summed E-state index contributed by atoms with van der Waals surface area (Å²) < 4.78 is 50.7. The van der Waals surface area contributed by atoms with Gasteiger partial charge >= 0.3 is 12.1 Å². The standard InChI is InChI=1S/C20H18F3N3O3/c1-2-28-11-12-29-19(27)17-24-18(14-7-4-3-5-8-14)26(25-17)16-10-6-9-15(13-16)20(21,22)23/h3-10,13H,2,11-12H2,1H3. The van der Waals surface area contributed by atoms with Crippen molar-refractivity contribution in [2.75, 3.05) is 19.8 Å². The van der Waals surface area contributed by atoms with Crippen molar-refractivity contribution in [3.05, 3.63) is 66.0 Å². The van der Waals surface area contributed by atoms with Crippen molar-refractivity contribution >= 4 is 5.97 Å². The molecule has 1 heterocycles. The molecule has 0 aliphatic rings. The number of hydrogen-bond donors (Lipinski definition) is 0. The molecule has 6 nitrogen and oxygen atoms in total. The Kier molecular flexibility index (Phi) is 6.28. The minimum atomic E-state index is -4.51. The van der Waals surface area contributed by atoms with Gasteiger partial charge < -0.3 is 9.47 Å². The minimum Gasteiger partial charge on any atom is -0.457 e. The van der Waals surface area contributed by atoms with E-state index in [1.54, 1.807) is 30.3 Å². The van der Waals surface area contributed by atoms with Crippen LogP contribution in [0.2, 0.25) is 0 Å². The number of aromatic nitrogens is 3. The van der Waals surface area contributed by atoms with E-state index in [-0.39, 0.29) is 30.5 Å². The van der Waals surface area contributed by atoms with Gasteiger partial charge in [0.2, 0.25) is 0 Å². The Bertz CT molecular complexity index is 972. The lowest BCUT2D eigenvalue weighted by molar-refractivity contribution is -0.137. The fraction of sp³-hybridized carbons (Fsp3) is 0.250. The van der Waals surface area contributed by atoms with E-state index in [1.807, 2.05) is 6.92 Å². The summed E-state index contributed by atoms with van der Waals surface area (Å²) in [6, 6.07) is 13.4. The van der Waals surface area contributed by atoms with Gasteiger partial charge in [0, 0.05) is 12.2 Å². The van der Waals surface area contributed by atoms with Gasteiger partial charge in [-0.3, -0.25) is 0 Å². The van der Waals surface area contributed by atoms with Gasteiger partial charge in [-0.15, -0.1) is 5.10 Å². The molecule has 0 saturated carbocycles. The van der Waals surface area contributed by atoms with Crippen LogP contribution in [-0.4, -0.2) is 40.6 Å². The van der Waals surface area contributed by atoms with Crippen LogP contribution in [0, 0.1) is 0 Å². The maximum atomic E-state index is 13.1. The van der Waals surface area contributed by atoms with Gasteiger partial charge in [0.1, 0.15) is 6.61 Å². The second kappa shape index (κ2) is 8.87. The smallest absolute Gasteiger partial charge is 0.416 e. The Morgan fingerprint density at radius 3 is 2.52 bits per heavy atom. The Hall–Kier alpha value is -3.20.